The van der Waals surface area contributed by atoms with Crippen LogP contribution in [0.5, 0.6) is 0 Å². The van der Waals surface area contributed by atoms with E-state index in [-0.39, 0.29) is 23.8 Å². The maximum Gasteiger partial charge on any atom is 0.228 e. The van der Waals surface area contributed by atoms with Crippen molar-refractivity contribution in [2.45, 2.75) is 52.5 Å². The van der Waals surface area contributed by atoms with Crippen LogP contribution < -0.4 is 5.32 Å². The third-order valence-corrected chi connectivity index (χ3v) is 6.74. The van der Waals surface area contributed by atoms with E-state index in [0.29, 0.717) is 18.9 Å². The zero-order valence-electron chi connectivity index (χ0n) is 18.8. The number of carbonyl (C=O) groups excluding carboxylic acids is 2. The van der Waals surface area contributed by atoms with E-state index in [2.05, 4.69) is 35.4 Å². The molecular weight excluding hydrogens is 386 g/mol. The smallest absolute Gasteiger partial charge is 0.228 e. The number of nitrogens with zero attached hydrogens (tertiary/aromatic N) is 2. The Hall–Kier alpha value is -2.69. The van der Waals surface area contributed by atoms with Gasteiger partial charge in [-0.15, -0.1) is 0 Å². The predicted molar refractivity (Wildman–Crippen MR) is 122 cm³/mol. The van der Waals surface area contributed by atoms with Crippen molar-refractivity contribution in [1.82, 2.24) is 15.2 Å². The van der Waals surface area contributed by atoms with Crippen LogP contribution in [0.15, 0.2) is 48.8 Å². The van der Waals surface area contributed by atoms with Crippen LogP contribution in [0.4, 0.5) is 0 Å². The standard InChI is InChI=1S/C26H33N3O2/c1-18(2)28-25(31)26(11-7-13-29(17-26)24(30)23-14-19(23)3)15-20-8-4-5-10-22(20)21-9-6-12-27-16-21/h4-6,8-10,12,16,18-19,23H,7,11,13-15,17H2,1-3H3,(H,28,31)/t19-,23-,26-/m0/s1. The lowest BCUT2D eigenvalue weighted by molar-refractivity contribution is -0.142. The molecule has 31 heavy (non-hydrogen) atoms. The van der Waals surface area contributed by atoms with Gasteiger partial charge >= 0.3 is 0 Å². The number of pyridine rings is 1. The number of benzene rings is 1. The Kier molecular flexibility index (Phi) is 6.12. The van der Waals surface area contributed by atoms with Gasteiger partial charge in [-0.3, -0.25) is 14.6 Å². The molecule has 1 saturated heterocycles. The SMILES string of the molecule is CC(C)NC(=O)[C@]1(Cc2ccccc2-c2cccnc2)CCCN(C(=O)[C@H]2C[C@@H]2C)C1. The van der Waals surface area contributed by atoms with Crippen molar-refractivity contribution >= 4 is 11.8 Å². The maximum atomic E-state index is 13.5. The first-order valence-corrected chi connectivity index (χ1v) is 11.5. The Morgan fingerprint density at radius 1 is 1.23 bits per heavy atom. The van der Waals surface area contributed by atoms with Gasteiger partial charge in [-0.25, -0.2) is 0 Å². The third-order valence-electron chi connectivity index (χ3n) is 6.74. The van der Waals surface area contributed by atoms with Gasteiger partial charge in [0, 0.05) is 43.0 Å². The molecule has 2 amide bonds. The van der Waals surface area contributed by atoms with Crippen molar-refractivity contribution in [1.29, 1.82) is 0 Å². The van der Waals surface area contributed by atoms with Gasteiger partial charge < -0.3 is 10.2 Å². The molecule has 5 nitrogen and oxygen atoms in total. The first kappa shape index (κ1) is 21.5. The van der Waals surface area contributed by atoms with E-state index < -0.39 is 5.41 Å². The minimum absolute atomic E-state index is 0.0600. The average molecular weight is 420 g/mol. The minimum atomic E-state index is -0.616. The summed E-state index contributed by atoms with van der Waals surface area (Å²) in [5.74, 6) is 0.908. The molecule has 2 fully saturated rings. The van der Waals surface area contributed by atoms with Crippen molar-refractivity contribution < 1.29 is 9.59 Å². The van der Waals surface area contributed by atoms with Crippen LogP contribution in [0.2, 0.25) is 0 Å². The van der Waals surface area contributed by atoms with Crippen LogP contribution in [-0.2, 0) is 16.0 Å². The molecule has 2 heterocycles. The summed E-state index contributed by atoms with van der Waals surface area (Å²) in [7, 11) is 0. The van der Waals surface area contributed by atoms with Gasteiger partial charge in [-0.05, 0) is 62.6 Å². The summed E-state index contributed by atoms with van der Waals surface area (Å²) in [5.41, 5.74) is 2.66. The van der Waals surface area contributed by atoms with Crippen LogP contribution in [0.25, 0.3) is 11.1 Å². The third kappa shape index (κ3) is 4.65. The number of rotatable bonds is 6. The Bertz CT molecular complexity index is 943. The topological polar surface area (TPSA) is 62.3 Å². The second kappa shape index (κ2) is 8.81. The summed E-state index contributed by atoms with van der Waals surface area (Å²) in [6.45, 7) is 7.37. The van der Waals surface area contributed by atoms with Gasteiger partial charge in [0.05, 0.1) is 5.41 Å². The number of amides is 2. The molecule has 1 N–H and O–H groups in total. The van der Waals surface area contributed by atoms with Crippen molar-refractivity contribution in [3.63, 3.8) is 0 Å². The summed E-state index contributed by atoms with van der Waals surface area (Å²) in [6.07, 6.45) is 6.87. The molecule has 5 heteroatoms. The molecule has 4 rings (SSSR count). The molecule has 164 valence electrons. The fourth-order valence-electron chi connectivity index (χ4n) is 4.89. The summed E-state index contributed by atoms with van der Waals surface area (Å²) in [6, 6.07) is 12.3. The Balaban J connectivity index is 1.67. The molecule has 1 aromatic carbocycles. The molecule has 1 aliphatic carbocycles. The number of piperidine rings is 1. The molecule has 0 unspecified atom stereocenters. The highest BCUT2D eigenvalue weighted by molar-refractivity contribution is 5.87. The van der Waals surface area contributed by atoms with E-state index >= 15 is 0 Å². The Labute approximate surface area is 185 Å². The fraction of sp³-hybridized carbons (Fsp3) is 0.500. The average Bonchev–Trinajstić information content (AvgIpc) is 3.50. The molecule has 1 aromatic heterocycles. The largest absolute Gasteiger partial charge is 0.353 e. The monoisotopic (exact) mass is 419 g/mol. The van der Waals surface area contributed by atoms with Crippen molar-refractivity contribution in [3.05, 3.63) is 54.4 Å². The molecule has 0 bridgehead atoms. The molecule has 1 saturated carbocycles. The van der Waals surface area contributed by atoms with E-state index in [1.165, 1.54) is 0 Å². The van der Waals surface area contributed by atoms with Crippen LogP contribution in [0, 0.1) is 17.3 Å². The summed E-state index contributed by atoms with van der Waals surface area (Å²) < 4.78 is 0. The second-order valence-electron chi connectivity index (χ2n) is 9.67. The van der Waals surface area contributed by atoms with Gasteiger partial charge in [-0.2, -0.15) is 0 Å². The molecule has 1 aliphatic heterocycles. The van der Waals surface area contributed by atoms with E-state index in [9.17, 15) is 9.59 Å². The normalized spacial score (nSPS) is 25.4. The quantitative estimate of drug-likeness (QED) is 0.767. The van der Waals surface area contributed by atoms with E-state index in [1.807, 2.05) is 43.1 Å². The molecular formula is C26H33N3O2. The van der Waals surface area contributed by atoms with Gasteiger partial charge in [0.2, 0.25) is 11.8 Å². The zero-order chi connectivity index (χ0) is 22.0. The lowest BCUT2D eigenvalue weighted by Crippen LogP contribution is -2.55. The van der Waals surface area contributed by atoms with Gasteiger partial charge in [0.1, 0.15) is 0 Å². The van der Waals surface area contributed by atoms with Crippen molar-refractivity contribution in [3.8, 4) is 11.1 Å². The lowest BCUT2D eigenvalue weighted by Gasteiger charge is -2.42. The van der Waals surface area contributed by atoms with Gasteiger partial charge in [0.25, 0.3) is 0 Å². The lowest BCUT2D eigenvalue weighted by atomic mass is 9.73. The van der Waals surface area contributed by atoms with E-state index in [4.69, 9.17) is 0 Å². The first-order chi connectivity index (χ1) is 14.9. The number of aromatic nitrogens is 1. The van der Waals surface area contributed by atoms with Crippen LogP contribution in [0.3, 0.4) is 0 Å². The molecule has 0 radical (unpaired) electrons. The summed E-state index contributed by atoms with van der Waals surface area (Å²) in [4.78, 5) is 32.8. The van der Waals surface area contributed by atoms with E-state index in [1.54, 1.807) is 6.20 Å². The molecule has 2 aromatic rings. The molecule has 3 atom stereocenters. The number of likely N-dealkylation sites (tertiary alicyclic amines) is 1. The van der Waals surface area contributed by atoms with Gasteiger partial charge in [0.15, 0.2) is 0 Å². The number of hydrogen-bond acceptors (Lipinski definition) is 3. The Morgan fingerprint density at radius 2 is 2.00 bits per heavy atom. The number of nitrogens with one attached hydrogen (secondary N) is 1. The first-order valence-electron chi connectivity index (χ1n) is 11.5. The van der Waals surface area contributed by atoms with Crippen LogP contribution >= 0.6 is 0 Å². The van der Waals surface area contributed by atoms with E-state index in [0.717, 1.165) is 42.5 Å². The highest BCUT2D eigenvalue weighted by atomic mass is 16.2. The predicted octanol–water partition coefficient (Wildman–Crippen LogP) is 4.08. The molecule has 2 aliphatic rings. The highest BCUT2D eigenvalue weighted by Gasteiger charge is 2.48. The maximum absolute atomic E-state index is 13.5. The van der Waals surface area contributed by atoms with Crippen LogP contribution in [0.1, 0.15) is 45.6 Å². The fourth-order valence-corrected chi connectivity index (χ4v) is 4.89. The summed E-state index contributed by atoms with van der Waals surface area (Å²) in [5, 5.41) is 3.16. The summed E-state index contributed by atoms with van der Waals surface area (Å²) >= 11 is 0. The second-order valence-corrected chi connectivity index (χ2v) is 9.67. The van der Waals surface area contributed by atoms with Crippen molar-refractivity contribution in [2.24, 2.45) is 17.3 Å². The highest BCUT2D eigenvalue weighted by Crippen LogP contribution is 2.42. The number of hydrogen-bond donors (Lipinski definition) is 1. The minimum Gasteiger partial charge on any atom is -0.353 e. The zero-order valence-corrected chi connectivity index (χ0v) is 18.8. The van der Waals surface area contributed by atoms with Crippen molar-refractivity contribution in [2.75, 3.05) is 13.1 Å². The molecule has 0 spiro atoms. The van der Waals surface area contributed by atoms with Gasteiger partial charge in [-0.1, -0.05) is 37.3 Å². The Morgan fingerprint density at radius 3 is 2.68 bits per heavy atom. The van der Waals surface area contributed by atoms with Crippen LogP contribution in [-0.4, -0.2) is 40.8 Å². The number of carbonyl (C=O) groups is 2.